The highest BCUT2D eigenvalue weighted by molar-refractivity contribution is 6.22. The molecule has 3 aromatic heterocycles. The summed E-state index contributed by atoms with van der Waals surface area (Å²) >= 11 is 0. The fourth-order valence-corrected chi connectivity index (χ4v) is 8.33. The second kappa shape index (κ2) is 11.2. The van der Waals surface area contributed by atoms with E-state index in [1.807, 2.05) is 0 Å². The lowest BCUT2D eigenvalue weighted by molar-refractivity contribution is 1.02. The summed E-state index contributed by atoms with van der Waals surface area (Å²) in [5.41, 5.74) is 11.0. The van der Waals surface area contributed by atoms with Crippen LogP contribution in [0, 0.1) is 0 Å². The summed E-state index contributed by atoms with van der Waals surface area (Å²) in [4.78, 5) is 10.8. The molecule has 52 heavy (non-hydrogen) atoms. The van der Waals surface area contributed by atoms with Gasteiger partial charge in [-0.3, -0.25) is 4.57 Å². The number of hydrogen-bond acceptors (Lipinski definition) is 2. The topological polar surface area (TPSA) is 35.6 Å². The molecule has 11 aromatic rings. The monoisotopic (exact) mass is 662 g/mol. The van der Waals surface area contributed by atoms with Gasteiger partial charge < -0.3 is 4.57 Å². The highest BCUT2D eigenvalue weighted by Gasteiger charge is 2.22. The maximum absolute atomic E-state index is 5.41. The molecule has 4 nitrogen and oxygen atoms in total. The molecule has 0 bridgehead atoms. The van der Waals surface area contributed by atoms with Gasteiger partial charge in [-0.05, 0) is 59.0 Å². The molecule has 8 aromatic carbocycles. The summed E-state index contributed by atoms with van der Waals surface area (Å²) in [5, 5.41) is 8.14. The smallest absolute Gasteiger partial charge is 0.235 e. The summed E-state index contributed by atoms with van der Waals surface area (Å²) in [6, 6.07) is 64.8. The van der Waals surface area contributed by atoms with Crippen molar-refractivity contribution in [2.75, 3.05) is 0 Å². The van der Waals surface area contributed by atoms with Crippen LogP contribution in [-0.4, -0.2) is 19.1 Å². The summed E-state index contributed by atoms with van der Waals surface area (Å²) in [6.45, 7) is 0. The molecule has 0 atom stereocenters. The number of rotatable bonds is 4. The third-order valence-electron chi connectivity index (χ3n) is 10.5. The minimum atomic E-state index is 0.657. The van der Waals surface area contributed by atoms with E-state index in [0.717, 1.165) is 49.7 Å². The lowest BCUT2D eigenvalue weighted by Crippen LogP contribution is -2.03. The van der Waals surface area contributed by atoms with Gasteiger partial charge >= 0.3 is 0 Å². The number of para-hydroxylation sites is 3. The first-order valence-corrected chi connectivity index (χ1v) is 17.7. The van der Waals surface area contributed by atoms with Crippen molar-refractivity contribution in [3.05, 3.63) is 182 Å². The molecule has 0 fully saturated rings. The van der Waals surface area contributed by atoms with E-state index >= 15 is 0 Å². The third kappa shape index (κ3) is 4.15. The molecule has 0 spiro atoms. The quantitative estimate of drug-likeness (QED) is 0.176. The minimum absolute atomic E-state index is 0.657. The van der Waals surface area contributed by atoms with Gasteiger partial charge in [0.1, 0.15) is 0 Å². The molecule has 242 valence electrons. The van der Waals surface area contributed by atoms with Gasteiger partial charge in [0.25, 0.3) is 0 Å². The van der Waals surface area contributed by atoms with E-state index in [2.05, 4.69) is 191 Å². The summed E-state index contributed by atoms with van der Waals surface area (Å²) in [5.74, 6) is 0.657. The van der Waals surface area contributed by atoms with Gasteiger partial charge in [-0.2, -0.15) is 0 Å². The van der Waals surface area contributed by atoms with Crippen LogP contribution >= 0.6 is 0 Å². The summed E-state index contributed by atoms with van der Waals surface area (Å²) in [7, 11) is 0. The van der Waals surface area contributed by atoms with E-state index in [-0.39, 0.29) is 0 Å². The van der Waals surface area contributed by atoms with Crippen LogP contribution < -0.4 is 0 Å². The Hall–Kier alpha value is -7.04. The Bertz CT molecular complexity index is 3170. The molecule has 11 rings (SSSR count). The van der Waals surface area contributed by atoms with Crippen LogP contribution in [0.2, 0.25) is 0 Å². The predicted molar refractivity (Wildman–Crippen MR) is 217 cm³/mol. The normalized spacial score (nSPS) is 11.8. The molecule has 0 N–H and O–H groups in total. The fraction of sp³-hybridized carbons (Fsp3) is 0. The first-order chi connectivity index (χ1) is 25.8. The van der Waals surface area contributed by atoms with Crippen LogP contribution in [-0.2, 0) is 0 Å². The Morgan fingerprint density at radius 1 is 0.346 bits per heavy atom. The molecule has 4 heteroatoms. The van der Waals surface area contributed by atoms with E-state index in [4.69, 9.17) is 9.97 Å². The first-order valence-electron chi connectivity index (χ1n) is 17.7. The van der Waals surface area contributed by atoms with Crippen molar-refractivity contribution < 1.29 is 0 Å². The lowest BCUT2D eigenvalue weighted by Gasteiger charge is -2.13. The fourth-order valence-electron chi connectivity index (χ4n) is 8.33. The lowest BCUT2D eigenvalue weighted by atomic mass is 9.95. The first kappa shape index (κ1) is 28.8. The molecule has 0 aliphatic rings. The number of hydrogen-bond donors (Lipinski definition) is 0. The number of aromatic nitrogens is 4. The molecule has 0 saturated heterocycles. The summed E-state index contributed by atoms with van der Waals surface area (Å²) in [6.07, 6.45) is 0. The van der Waals surface area contributed by atoms with Crippen molar-refractivity contribution in [1.82, 2.24) is 19.1 Å². The van der Waals surface area contributed by atoms with Crippen LogP contribution in [0.1, 0.15) is 0 Å². The van der Waals surface area contributed by atoms with Crippen LogP contribution in [0.3, 0.4) is 0 Å². The second-order valence-electron chi connectivity index (χ2n) is 13.4. The molecule has 0 aliphatic carbocycles. The van der Waals surface area contributed by atoms with Crippen molar-refractivity contribution in [3.8, 4) is 34.0 Å². The van der Waals surface area contributed by atoms with Crippen molar-refractivity contribution in [2.24, 2.45) is 0 Å². The van der Waals surface area contributed by atoms with Gasteiger partial charge in [-0.1, -0.05) is 140 Å². The highest BCUT2D eigenvalue weighted by Crippen LogP contribution is 2.44. The van der Waals surface area contributed by atoms with Gasteiger partial charge in [-0.25, -0.2) is 9.97 Å². The molecule has 3 heterocycles. The zero-order valence-electron chi connectivity index (χ0n) is 28.1. The van der Waals surface area contributed by atoms with E-state index < -0.39 is 0 Å². The predicted octanol–water partition coefficient (Wildman–Crippen LogP) is 12.3. The van der Waals surface area contributed by atoms with Crippen LogP contribution in [0.5, 0.6) is 0 Å². The highest BCUT2D eigenvalue weighted by atomic mass is 15.2. The zero-order chi connectivity index (χ0) is 34.2. The van der Waals surface area contributed by atoms with E-state index in [1.165, 1.54) is 43.7 Å². The average Bonchev–Trinajstić information content (AvgIpc) is 3.74. The van der Waals surface area contributed by atoms with Crippen molar-refractivity contribution in [1.29, 1.82) is 0 Å². The molecule has 0 amide bonds. The SMILES string of the molecule is c1ccc(-c2nc(-n3c4ccccc4c4c(-c5cccc6c5c5ccccc5n6-c5ccccc5)cccc43)nc3c2ccc2ccccc23)cc1. The number of nitrogens with zero attached hydrogens (tertiary/aromatic N) is 4. The Kier molecular flexibility index (Phi) is 6.22. The Labute approximate surface area is 299 Å². The average molecular weight is 663 g/mol. The van der Waals surface area contributed by atoms with Crippen molar-refractivity contribution in [3.63, 3.8) is 0 Å². The second-order valence-corrected chi connectivity index (χ2v) is 13.4. The largest absolute Gasteiger partial charge is 0.309 e. The van der Waals surface area contributed by atoms with Crippen LogP contribution in [0.4, 0.5) is 0 Å². The van der Waals surface area contributed by atoms with Gasteiger partial charge in [0.15, 0.2) is 0 Å². The molecular weight excluding hydrogens is 633 g/mol. The molecule has 0 radical (unpaired) electrons. The maximum Gasteiger partial charge on any atom is 0.235 e. The number of benzene rings is 8. The summed E-state index contributed by atoms with van der Waals surface area (Å²) < 4.78 is 4.64. The Balaban J connectivity index is 1.25. The van der Waals surface area contributed by atoms with Gasteiger partial charge in [0, 0.05) is 43.6 Å². The minimum Gasteiger partial charge on any atom is -0.309 e. The zero-order valence-corrected chi connectivity index (χ0v) is 28.1. The van der Waals surface area contributed by atoms with Crippen LogP contribution in [0.15, 0.2) is 182 Å². The third-order valence-corrected chi connectivity index (χ3v) is 10.5. The maximum atomic E-state index is 5.41. The molecular formula is C48H30N4. The number of fused-ring (bicyclic) bond motifs is 9. The van der Waals surface area contributed by atoms with Gasteiger partial charge in [0.2, 0.25) is 5.95 Å². The standard InChI is InChI=1S/C48H30N4/c1-3-16-32(17-4-1)46-39-30-29-31-15-7-8-20-34(31)47(39)50-48(49-46)52-41-26-12-10-22-38(41)45-36(24-14-28-43(45)52)35-23-13-27-42-44(35)37-21-9-11-25-40(37)51(42)33-18-5-2-6-19-33/h1-30H. The Morgan fingerprint density at radius 3 is 1.58 bits per heavy atom. The molecule has 0 unspecified atom stereocenters. The van der Waals surface area contributed by atoms with E-state index in [9.17, 15) is 0 Å². The van der Waals surface area contributed by atoms with Crippen LogP contribution in [0.25, 0.3) is 99.3 Å². The van der Waals surface area contributed by atoms with Crippen molar-refractivity contribution in [2.45, 2.75) is 0 Å². The van der Waals surface area contributed by atoms with Gasteiger partial charge in [-0.15, -0.1) is 0 Å². The molecule has 0 saturated carbocycles. The Morgan fingerprint density at radius 2 is 0.885 bits per heavy atom. The van der Waals surface area contributed by atoms with E-state index in [1.54, 1.807) is 0 Å². The van der Waals surface area contributed by atoms with E-state index in [0.29, 0.717) is 5.95 Å². The molecule has 0 aliphatic heterocycles. The van der Waals surface area contributed by atoms with Gasteiger partial charge in [0.05, 0.1) is 33.3 Å². The van der Waals surface area contributed by atoms with Crippen molar-refractivity contribution >= 4 is 65.3 Å².